The molecule has 4 rings (SSSR count). The molecular formula is C25H33N5O3S. The van der Waals surface area contributed by atoms with Crippen LogP contribution >= 0.6 is 0 Å². The Labute approximate surface area is 201 Å². The van der Waals surface area contributed by atoms with E-state index in [1.165, 1.54) is 0 Å². The second-order valence-electron chi connectivity index (χ2n) is 8.77. The molecule has 1 aliphatic carbocycles. The molecule has 0 atom stereocenters. The minimum Gasteiger partial charge on any atom is -0.383 e. The SMILES string of the molecule is COCCNc1nc(NC[C@H]2CC[C@H](CNS(=O)(=O)c3ccccc3)CC2)nc2ccccc12. The minimum atomic E-state index is -3.44. The maximum atomic E-state index is 12.5. The lowest BCUT2D eigenvalue weighted by Crippen LogP contribution is -2.32. The lowest BCUT2D eigenvalue weighted by atomic mass is 9.82. The summed E-state index contributed by atoms with van der Waals surface area (Å²) in [5.74, 6) is 2.31. The van der Waals surface area contributed by atoms with Crippen molar-refractivity contribution >= 4 is 32.7 Å². The molecule has 0 aliphatic heterocycles. The fraction of sp³-hybridized carbons (Fsp3) is 0.440. The van der Waals surface area contributed by atoms with Crippen LogP contribution in [0.3, 0.4) is 0 Å². The van der Waals surface area contributed by atoms with E-state index < -0.39 is 10.0 Å². The Morgan fingerprint density at radius 1 is 0.882 bits per heavy atom. The highest BCUT2D eigenvalue weighted by atomic mass is 32.2. The zero-order valence-electron chi connectivity index (χ0n) is 19.5. The summed E-state index contributed by atoms with van der Waals surface area (Å²) in [7, 11) is -1.76. The van der Waals surface area contributed by atoms with Crippen LogP contribution in [0.1, 0.15) is 25.7 Å². The molecule has 1 heterocycles. The molecule has 2 aromatic carbocycles. The first-order valence-corrected chi connectivity index (χ1v) is 13.3. The standard InChI is InChI=1S/C25H33N5O3S/c1-33-16-15-26-24-22-9-5-6-10-23(22)29-25(30-24)27-17-19-11-13-20(14-12-19)18-28-34(31,32)21-7-3-2-4-8-21/h2-10,19-20,28H,11-18H2,1H3,(H2,26,27,29,30)/t19-,20-. The molecule has 0 unspecified atom stereocenters. The first-order valence-electron chi connectivity index (χ1n) is 11.8. The molecule has 3 aromatic rings. The van der Waals surface area contributed by atoms with Gasteiger partial charge in [0.25, 0.3) is 0 Å². The van der Waals surface area contributed by atoms with Gasteiger partial charge in [-0.25, -0.2) is 18.1 Å². The average molecular weight is 484 g/mol. The first-order chi connectivity index (χ1) is 16.5. The summed E-state index contributed by atoms with van der Waals surface area (Å²) < 4.78 is 32.8. The maximum absolute atomic E-state index is 12.5. The molecule has 9 heteroatoms. The molecule has 1 saturated carbocycles. The number of para-hydroxylation sites is 1. The van der Waals surface area contributed by atoms with Gasteiger partial charge in [0.15, 0.2) is 0 Å². The van der Waals surface area contributed by atoms with Gasteiger partial charge in [0, 0.05) is 32.1 Å². The summed E-state index contributed by atoms with van der Waals surface area (Å²) in [5, 5.41) is 7.75. The summed E-state index contributed by atoms with van der Waals surface area (Å²) in [6.07, 6.45) is 4.12. The quantitative estimate of drug-likeness (QED) is 0.355. The van der Waals surface area contributed by atoms with Gasteiger partial charge in [0.2, 0.25) is 16.0 Å². The first kappa shape index (κ1) is 24.4. The molecule has 1 fully saturated rings. The zero-order valence-corrected chi connectivity index (χ0v) is 20.4. The lowest BCUT2D eigenvalue weighted by Gasteiger charge is -2.28. The van der Waals surface area contributed by atoms with Gasteiger partial charge in [-0.3, -0.25) is 0 Å². The summed E-state index contributed by atoms with van der Waals surface area (Å²) in [6.45, 7) is 2.57. The second-order valence-corrected chi connectivity index (χ2v) is 10.5. The molecule has 1 aromatic heterocycles. The van der Waals surface area contributed by atoms with Gasteiger partial charge >= 0.3 is 0 Å². The number of rotatable bonds is 11. The summed E-state index contributed by atoms with van der Waals surface area (Å²) in [5.41, 5.74) is 0.898. The Bertz CT molecular complexity index is 1170. The van der Waals surface area contributed by atoms with E-state index in [0.29, 0.717) is 42.4 Å². The van der Waals surface area contributed by atoms with Gasteiger partial charge in [-0.05, 0) is 61.8 Å². The van der Waals surface area contributed by atoms with Gasteiger partial charge in [-0.1, -0.05) is 30.3 Å². The maximum Gasteiger partial charge on any atom is 0.240 e. The van der Waals surface area contributed by atoms with Gasteiger partial charge < -0.3 is 15.4 Å². The molecule has 0 saturated heterocycles. The Morgan fingerprint density at radius 3 is 2.29 bits per heavy atom. The van der Waals surface area contributed by atoms with Crippen molar-refractivity contribution in [3.05, 3.63) is 54.6 Å². The Balaban J connectivity index is 1.28. The monoisotopic (exact) mass is 483 g/mol. The number of sulfonamides is 1. The van der Waals surface area contributed by atoms with Crippen LogP contribution in [-0.4, -0.2) is 51.7 Å². The number of nitrogens with zero attached hydrogens (tertiary/aromatic N) is 2. The molecule has 0 spiro atoms. The Morgan fingerprint density at radius 2 is 1.56 bits per heavy atom. The number of nitrogens with one attached hydrogen (secondary N) is 3. The predicted molar refractivity (Wildman–Crippen MR) is 135 cm³/mol. The van der Waals surface area contributed by atoms with Crippen molar-refractivity contribution in [2.75, 3.05) is 44.0 Å². The van der Waals surface area contributed by atoms with E-state index in [1.807, 2.05) is 30.3 Å². The Hall–Kier alpha value is -2.75. The van der Waals surface area contributed by atoms with E-state index in [2.05, 4.69) is 20.3 Å². The molecule has 3 N–H and O–H groups in total. The summed E-state index contributed by atoms with van der Waals surface area (Å²) in [6, 6.07) is 16.5. The normalized spacial score (nSPS) is 18.6. The van der Waals surface area contributed by atoms with Crippen LogP contribution in [-0.2, 0) is 14.8 Å². The topological polar surface area (TPSA) is 105 Å². The fourth-order valence-corrected chi connectivity index (χ4v) is 5.49. The molecule has 1 aliphatic rings. The van der Waals surface area contributed by atoms with E-state index in [-0.39, 0.29) is 0 Å². The van der Waals surface area contributed by atoms with Gasteiger partial charge in [0.1, 0.15) is 5.82 Å². The highest BCUT2D eigenvalue weighted by Gasteiger charge is 2.23. The number of fused-ring (bicyclic) bond motifs is 1. The van der Waals surface area contributed by atoms with Crippen molar-refractivity contribution in [3.63, 3.8) is 0 Å². The number of ether oxygens (including phenoxy) is 1. The molecule has 34 heavy (non-hydrogen) atoms. The van der Waals surface area contributed by atoms with Crippen LogP contribution in [0.25, 0.3) is 10.9 Å². The van der Waals surface area contributed by atoms with Gasteiger partial charge in [-0.2, -0.15) is 4.98 Å². The van der Waals surface area contributed by atoms with Gasteiger partial charge in [0.05, 0.1) is 17.0 Å². The van der Waals surface area contributed by atoms with Crippen LogP contribution in [0, 0.1) is 11.8 Å². The fourth-order valence-electron chi connectivity index (χ4n) is 4.35. The van der Waals surface area contributed by atoms with E-state index >= 15 is 0 Å². The number of methoxy groups -OCH3 is 1. The van der Waals surface area contributed by atoms with E-state index in [0.717, 1.165) is 48.9 Å². The highest BCUT2D eigenvalue weighted by molar-refractivity contribution is 7.89. The molecular weight excluding hydrogens is 450 g/mol. The molecule has 8 nitrogen and oxygen atoms in total. The summed E-state index contributed by atoms with van der Waals surface area (Å²) in [4.78, 5) is 9.69. The molecule has 0 amide bonds. The Kier molecular flexibility index (Phi) is 8.31. The lowest BCUT2D eigenvalue weighted by molar-refractivity contribution is 0.210. The van der Waals surface area contributed by atoms with E-state index in [9.17, 15) is 8.42 Å². The van der Waals surface area contributed by atoms with Crippen LogP contribution in [0.15, 0.2) is 59.5 Å². The van der Waals surface area contributed by atoms with Crippen molar-refractivity contribution < 1.29 is 13.2 Å². The van der Waals surface area contributed by atoms with Gasteiger partial charge in [-0.15, -0.1) is 0 Å². The zero-order chi connectivity index (χ0) is 23.8. The van der Waals surface area contributed by atoms with Crippen LogP contribution in [0.5, 0.6) is 0 Å². The third-order valence-electron chi connectivity index (χ3n) is 6.33. The number of aromatic nitrogens is 2. The second kappa shape index (κ2) is 11.6. The number of benzene rings is 2. The number of anilines is 2. The molecule has 0 bridgehead atoms. The van der Waals surface area contributed by atoms with Crippen molar-refractivity contribution in [2.24, 2.45) is 11.8 Å². The third-order valence-corrected chi connectivity index (χ3v) is 7.77. The van der Waals surface area contributed by atoms with Crippen LogP contribution < -0.4 is 15.4 Å². The predicted octanol–water partition coefficient (Wildman–Crippen LogP) is 3.88. The number of hydrogen-bond donors (Lipinski definition) is 3. The molecule has 0 radical (unpaired) electrons. The largest absolute Gasteiger partial charge is 0.383 e. The van der Waals surface area contributed by atoms with Crippen molar-refractivity contribution in [1.29, 1.82) is 0 Å². The third kappa shape index (κ3) is 6.43. The van der Waals surface area contributed by atoms with E-state index in [1.54, 1.807) is 31.4 Å². The smallest absolute Gasteiger partial charge is 0.240 e. The van der Waals surface area contributed by atoms with Crippen LogP contribution in [0.2, 0.25) is 0 Å². The molecule has 182 valence electrons. The summed E-state index contributed by atoms with van der Waals surface area (Å²) >= 11 is 0. The van der Waals surface area contributed by atoms with E-state index in [4.69, 9.17) is 9.72 Å². The highest BCUT2D eigenvalue weighted by Crippen LogP contribution is 2.29. The van der Waals surface area contributed by atoms with Crippen molar-refractivity contribution in [3.8, 4) is 0 Å². The van der Waals surface area contributed by atoms with Crippen LogP contribution in [0.4, 0.5) is 11.8 Å². The van der Waals surface area contributed by atoms with Crippen molar-refractivity contribution in [2.45, 2.75) is 30.6 Å². The van der Waals surface area contributed by atoms with Crippen molar-refractivity contribution in [1.82, 2.24) is 14.7 Å². The average Bonchev–Trinajstić information content (AvgIpc) is 2.87. The number of hydrogen-bond acceptors (Lipinski definition) is 7. The minimum absolute atomic E-state index is 0.319.